The van der Waals surface area contributed by atoms with E-state index in [1.54, 1.807) is 36.8 Å². The molecule has 9 rings (SSSR count). The summed E-state index contributed by atoms with van der Waals surface area (Å²) in [6.45, 7) is 11.4. The summed E-state index contributed by atoms with van der Waals surface area (Å²) < 4.78 is 67.6. The van der Waals surface area contributed by atoms with Gasteiger partial charge in [-0.15, -0.1) is 35.8 Å². The molecule has 14 heteroatoms. The minimum atomic E-state index is -4.75. The SMILES string of the molecule is CCC[CH2][Sn]([CH2]CCC)([CH2]CCC)[c]1ccc(-c2cccc(C)c2)s1.Cc1cccc(-c2ccc(-c3c4c(c(-c5ccc(-c6cccc(OC(F)(F)F)c6)s5)c5nsnc35)N=S=N4)s2)c1. The van der Waals surface area contributed by atoms with Crippen molar-refractivity contribution in [1.82, 2.24) is 8.75 Å². The number of unbranched alkanes of at least 4 members (excludes halogenated alkanes) is 3. The first-order valence-electron chi connectivity index (χ1n) is 22.2. The second-order valence-corrected chi connectivity index (χ2v) is 35.0. The molecule has 4 aromatic heterocycles. The van der Waals surface area contributed by atoms with E-state index in [4.69, 9.17) is 0 Å². The number of fused-ring (bicyclic) bond motifs is 2. The number of rotatable bonds is 16. The quantitative estimate of drug-likeness (QED) is 0.0906. The molecule has 1 aliphatic rings. The number of aryl methyl sites for hydroxylation is 2. The Morgan fingerprint density at radius 2 is 0.985 bits per heavy atom. The second kappa shape index (κ2) is 21.3. The third kappa shape index (κ3) is 11.1. The van der Waals surface area contributed by atoms with Crippen LogP contribution in [-0.4, -0.2) is 33.5 Å². The van der Waals surface area contributed by atoms with Crippen molar-refractivity contribution in [2.75, 3.05) is 0 Å². The van der Waals surface area contributed by atoms with E-state index in [2.05, 4.69) is 141 Å². The fourth-order valence-electron chi connectivity index (χ4n) is 8.49. The Morgan fingerprint density at radius 3 is 1.46 bits per heavy atom. The first-order chi connectivity index (χ1) is 31.5. The maximum absolute atomic E-state index is 12.8. The van der Waals surface area contributed by atoms with Crippen molar-refractivity contribution in [1.29, 1.82) is 0 Å². The average Bonchev–Trinajstić information content (AvgIpc) is 4.16. The first-order valence-corrected chi connectivity index (χ1v) is 33.6. The molecule has 0 saturated carbocycles. The molecular weight excluding hydrogens is 1020 g/mol. The fourth-order valence-corrected chi connectivity index (χ4v) is 31.8. The molecule has 0 unspecified atom stereocenters. The molecule has 4 aromatic carbocycles. The van der Waals surface area contributed by atoms with Crippen molar-refractivity contribution < 1.29 is 17.9 Å². The van der Waals surface area contributed by atoms with Crippen LogP contribution in [0.3, 0.4) is 0 Å². The predicted octanol–water partition coefficient (Wildman–Crippen LogP) is 18.2. The molecular formula is C51H51F3N4OS5Sn. The monoisotopic (exact) mass is 1070 g/mol. The first kappa shape index (κ1) is 47.5. The second-order valence-electron chi connectivity index (χ2n) is 16.6. The van der Waals surface area contributed by atoms with Crippen molar-refractivity contribution >= 4 is 101 Å². The molecule has 5 heterocycles. The summed E-state index contributed by atoms with van der Waals surface area (Å²) in [5, 5.41) is 0. The van der Waals surface area contributed by atoms with E-state index in [0.29, 0.717) is 5.56 Å². The van der Waals surface area contributed by atoms with Gasteiger partial charge in [-0.3, -0.25) is 0 Å². The number of hydrogen-bond donors (Lipinski definition) is 0. The van der Waals surface area contributed by atoms with Gasteiger partial charge in [0, 0.05) is 30.6 Å². The van der Waals surface area contributed by atoms with Crippen LogP contribution in [0.25, 0.3) is 63.2 Å². The Morgan fingerprint density at radius 1 is 0.538 bits per heavy atom. The number of benzene rings is 4. The molecule has 65 heavy (non-hydrogen) atoms. The number of halogens is 3. The van der Waals surface area contributed by atoms with Gasteiger partial charge in [-0.2, -0.15) is 17.5 Å². The molecule has 1 aliphatic heterocycles. The van der Waals surface area contributed by atoms with Gasteiger partial charge in [0.1, 0.15) is 28.2 Å². The largest absolute Gasteiger partial charge is 0.573 e. The number of alkyl halides is 3. The summed E-state index contributed by atoms with van der Waals surface area (Å²) in [6, 6.07) is 36.4. The number of hydrogen-bond acceptors (Lipinski definition) is 9. The van der Waals surface area contributed by atoms with Crippen LogP contribution in [0.2, 0.25) is 13.3 Å². The standard InChI is InChI=1S/C28H15F3N4OS4.C11H9S.3C4H9.Sn/c1-14-4-2-5-15(12-14)18-8-10-20(37-18)22-24-26(34-39-32-24)23(27-25(22)33-40-35-27)21-11-9-19(38-21)16-6-3-7-17(13-16)36-28(29,30)31;1-9-4-2-5-10(8-9)11-6-3-7-12-11;3*1-3-4-2;/h2-13H,1H3;2-6,8H,1H3;3*1,3-4H2,2H3;. The van der Waals surface area contributed by atoms with Crippen LogP contribution in [0.1, 0.15) is 70.4 Å². The molecule has 0 fully saturated rings. The van der Waals surface area contributed by atoms with E-state index >= 15 is 0 Å². The van der Waals surface area contributed by atoms with Crippen molar-refractivity contribution in [2.45, 2.75) is 92.8 Å². The van der Waals surface area contributed by atoms with Gasteiger partial charge in [0.2, 0.25) is 0 Å². The van der Waals surface area contributed by atoms with E-state index in [9.17, 15) is 13.2 Å². The van der Waals surface area contributed by atoms with Crippen LogP contribution in [0.15, 0.2) is 118 Å². The molecule has 0 atom stereocenters. The zero-order valence-corrected chi connectivity index (χ0v) is 44.1. The van der Waals surface area contributed by atoms with Crippen LogP contribution >= 0.6 is 45.7 Å². The van der Waals surface area contributed by atoms with Gasteiger partial charge < -0.3 is 4.74 Å². The Labute approximate surface area is 403 Å². The van der Waals surface area contributed by atoms with Crippen molar-refractivity contribution in [2.24, 2.45) is 8.73 Å². The maximum Gasteiger partial charge on any atom is 0.573 e. The Bertz CT molecular complexity index is 2960. The minimum absolute atomic E-state index is 0.262. The van der Waals surface area contributed by atoms with Crippen LogP contribution in [0.4, 0.5) is 24.5 Å². The molecule has 0 radical (unpaired) electrons. The maximum atomic E-state index is 12.8. The van der Waals surface area contributed by atoms with Gasteiger partial charge in [0.15, 0.2) is 0 Å². The topological polar surface area (TPSA) is 59.7 Å². The van der Waals surface area contributed by atoms with Crippen LogP contribution in [-0.2, 0) is 11.4 Å². The van der Waals surface area contributed by atoms with Gasteiger partial charge in [0.25, 0.3) is 0 Å². The summed E-state index contributed by atoms with van der Waals surface area (Å²) in [4.78, 5) is 5.34. The smallest absolute Gasteiger partial charge is 0.406 e. The van der Waals surface area contributed by atoms with Gasteiger partial charge >= 0.3 is 171 Å². The summed E-state index contributed by atoms with van der Waals surface area (Å²) >= 11 is 5.30. The van der Waals surface area contributed by atoms with Gasteiger partial charge in [-0.05, 0) is 54.4 Å². The summed E-state index contributed by atoms with van der Waals surface area (Å²) in [6.07, 6.45) is 3.65. The molecule has 5 nitrogen and oxygen atoms in total. The van der Waals surface area contributed by atoms with E-state index in [0.717, 1.165) is 81.7 Å². The van der Waals surface area contributed by atoms with Crippen molar-refractivity contribution in [3.8, 4) is 58.0 Å². The summed E-state index contributed by atoms with van der Waals surface area (Å²) in [5.41, 5.74) is 10.5. The van der Waals surface area contributed by atoms with E-state index in [-0.39, 0.29) is 5.75 Å². The average molecular weight is 1070 g/mol. The number of aromatic nitrogens is 2. The van der Waals surface area contributed by atoms with Crippen LogP contribution < -0.4 is 7.63 Å². The molecule has 0 N–H and O–H groups in total. The molecule has 0 saturated heterocycles. The number of ether oxygens (including phenoxy) is 1. The normalized spacial score (nSPS) is 12.3. The molecule has 0 spiro atoms. The molecule has 336 valence electrons. The van der Waals surface area contributed by atoms with Gasteiger partial charge in [-0.1, -0.05) is 42.0 Å². The summed E-state index contributed by atoms with van der Waals surface area (Å²) in [7, 11) is 0. The van der Waals surface area contributed by atoms with Gasteiger partial charge in [0.05, 0.1) is 23.1 Å². The minimum Gasteiger partial charge on any atom is -0.406 e. The summed E-state index contributed by atoms with van der Waals surface area (Å²) in [5.74, 6) is -0.262. The zero-order valence-electron chi connectivity index (χ0n) is 37.1. The Kier molecular flexibility index (Phi) is 15.6. The van der Waals surface area contributed by atoms with Crippen molar-refractivity contribution in [3.63, 3.8) is 0 Å². The number of nitrogens with zero attached hydrogens (tertiary/aromatic N) is 4. The van der Waals surface area contributed by atoms with Crippen molar-refractivity contribution in [3.05, 3.63) is 120 Å². The molecule has 0 aliphatic carbocycles. The fraction of sp³-hybridized carbons (Fsp3) is 0.294. The van der Waals surface area contributed by atoms with Gasteiger partial charge in [-0.25, -0.2) is 0 Å². The Hall–Kier alpha value is -3.99. The third-order valence-electron chi connectivity index (χ3n) is 11.7. The molecule has 8 aromatic rings. The number of thiophene rings is 3. The van der Waals surface area contributed by atoms with Crippen LogP contribution in [0, 0.1) is 13.8 Å². The zero-order chi connectivity index (χ0) is 45.6. The van der Waals surface area contributed by atoms with Crippen LogP contribution in [0.5, 0.6) is 5.75 Å². The van der Waals surface area contributed by atoms with E-state index in [1.165, 1.54) is 83.6 Å². The Balaban J connectivity index is 0.000000199. The molecule has 0 amide bonds. The molecule has 0 bridgehead atoms. The third-order valence-corrected chi connectivity index (χ3v) is 34.5. The van der Waals surface area contributed by atoms with E-state index < -0.39 is 24.7 Å². The predicted molar refractivity (Wildman–Crippen MR) is 277 cm³/mol. The van der Waals surface area contributed by atoms with E-state index in [1.807, 2.05) is 15.0 Å².